The fourth-order valence-corrected chi connectivity index (χ4v) is 2.41. The summed E-state index contributed by atoms with van der Waals surface area (Å²) in [6.07, 6.45) is 3.24. The number of hydrogen-bond acceptors (Lipinski definition) is 2. The zero-order valence-electron chi connectivity index (χ0n) is 10.5. The molecule has 1 aliphatic carbocycles. The summed E-state index contributed by atoms with van der Waals surface area (Å²) < 4.78 is 19.5. The first kappa shape index (κ1) is 12.4. The standard InChI is InChI=1S/C14H20FNO/c1-3-16-11-7-8-12(9-11)17-13-6-4-5-10(2)14(13)15/h4-6,11-12,16H,3,7-9H2,1-2H3. The van der Waals surface area contributed by atoms with Crippen molar-refractivity contribution in [2.24, 2.45) is 0 Å². The summed E-state index contributed by atoms with van der Waals surface area (Å²) in [5.74, 6) is 0.173. The first-order valence-electron chi connectivity index (χ1n) is 6.36. The number of benzene rings is 1. The number of nitrogens with one attached hydrogen (secondary N) is 1. The number of aryl methyl sites for hydroxylation is 1. The second-order valence-electron chi connectivity index (χ2n) is 4.69. The Morgan fingerprint density at radius 2 is 2.24 bits per heavy atom. The molecule has 94 valence electrons. The highest BCUT2D eigenvalue weighted by molar-refractivity contribution is 5.30. The highest BCUT2D eigenvalue weighted by Crippen LogP contribution is 2.27. The van der Waals surface area contributed by atoms with E-state index in [1.54, 1.807) is 19.1 Å². The Bertz CT molecular complexity index is 380. The second-order valence-corrected chi connectivity index (χ2v) is 4.69. The third kappa shape index (κ3) is 2.97. The van der Waals surface area contributed by atoms with Crippen LogP contribution in [0, 0.1) is 12.7 Å². The summed E-state index contributed by atoms with van der Waals surface area (Å²) >= 11 is 0. The Hall–Kier alpha value is -1.09. The highest BCUT2D eigenvalue weighted by atomic mass is 19.1. The summed E-state index contributed by atoms with van der Waals surface area (Å²) in [4.78, 5) is 0. The molecule has 1 N–H and O–H groups in total. The molecule has 0 aromatic heterocycles. The van der Waals surface area contributed by atoms with E-state index in [2.05, 4.69) is 12.2 Å². The third-order valence-corrected chi connectivity index (χ3v) is 3.33. The minimum atomic E-state index is -0.223. The molecule has 2 unspecified atom stereocenters. The molecule has 1 aliphatic rings. The van der Waals surface area contributed by atoms with Gasteiger partial charge in [-0.15, -0.1) is 0 Å². The van der Waals surface area contributed by atoms with Gasteiger partial charge in [-0.2, -0.15) is 0 Å². The van der Waals surface area contributed by atoms with Crippen molar-refractivity contribution in [2.75, 3.05) is 6.54 Å². The smallest absolute Gasteiger partial charge is 0.167 e. The van der Waals surface area contributed by atoms with Crippen LogP contribution in [0.5, 0.6) is 5.75 Å². The first-order valence-corrected chi connectivity index (χ1v) is 6.36. The molecule has 1 aromatic rings. The highest BCUT2D eigenvalue weighted by Gasteiger charge is 2.26. The van der Waals surface area contributed by atoms with Crippen LogP contribution in [0.15, 0.2) is 18.2 Å². The molecule has 2 atom stereocenters. The predicted molar refractivity (Wildman–Crippen MR) is 66.9 cm³/mol. The summed E-state index contributed by atoms with van der Waals surface area (Å²) in [5, 5.41) is 3.41. The minimum Gasteiger partial charge on any atom is -0.487 e. The number of hydrogen-bond donors (Lipinski definition) is 1. The maximum Gasteiger partial charge on any atom is 0.167 e. The second kappa shape index (κ2) is 5.50. The van der Waals surface area contributed by atoms with E-state index < -0.39 is 0 Å². The first-order chi connectivity index (χ1) is 8.20. The van der Waals surface area contributed by atoms with Crippen LogP contribution >= 0.6 is 0 Å². The lowest BCUT2D eigenvalue weighted by molar-refractivity contribution is 0.197. The van der Waals surface area contributed by atoms with Crippen molar-refractivity contribution in [3.05, 3.63) is 29.6 Å². The lowest BCUT2D eigenvalue weighted by atomic mass is 10.2. The van der Waals surface area contributed by atoms with Crippen LogP contribution in [0.2, 0.25) is 0 Å². The van der Waals surface area contributed by atoms with Crippen LogP contribution in [0.4, 0.5) is 4.39 Å². The Balaban J connectivity index is 1.96. The minimum absolute atomic E-state index is 0.148. The summed E-state index contributed by atoms with van der Waals surface area (Å²) in [5.41, 5.74) is 0.642. The van der Waals surface area contributed by atoms with Crippen molar-refractivity contribution in [1.29, 1.82) is 0 Å². The van der Waals surface area contributed by atoms with E-state index >= 15 is 0 Å². The molecular weight excluding hydrogens is 217 g/mol. The Labute approximate surface area is 102 Å². The van der Waals surface area contributed by atoms with Crippen LogP contribution < -0.4 is 10.1 Å². The van der Waals surface area contributed by atoms with Crippen LogP contribution in [-0.2, 0) is 0 Å². The summed E-state index contributed by atoms with van der Waals surface area (Å²) in [6.45, 7) is 4.85. The predicted octanol–water partition coefficient (Wildman–Crippen LogP) is 3.04. The lowest BCUT2D eigenvalue weighted by Crippen LogP contribution is -2.27. The van der Waals surface area contributed by atoms with Gasteiger partial charge in [0.15, 0.2) is 11.6 Å². The van der Waals surface area contributed by atoms with E-state index in [0.717, 1.165) is 25.8 Å². The van der Waals surface area contributed by atoms with Crippen LogP contribution in [-0.4, -0.2) is 18.7 Å². The van der Waals surface area contributed by atoms with Crippen molar-refractivity contribution in [3.63, 3.8) is 0 Å². The van der Waals surface area contributed by atoms with Gasteiger partial charge in [0.05, 0.1) is 0 Å². The van der Waals surface area contributed by atoms with Gasteiger partial charge in [-0.1, -0.05) is 19.1 Å². The molecule has 1 fully saturated rings. The van der Waals surface area contributed by atoms with Crippen LogP contribution in [0.3, 0.4) is 0 Å². The molecule has 0 bridgehead atoms. The molecule has 3 heteroatoms. The van der Waals surface area contributed by atoms with Crippen molar-refractivity contribution in [3.8, 4) is 5.75 Å². The molecule has 0 aliphatic heterocycles. The molecule has 0 heterocycles. The Kier molecular flexibility index (Phi) is 4.00. The van der Waals surface area contributed by atoms with Gasteiger partial charge in [-0.25, -0.2) is 4.39 Å². The monoisotopic (exact) mass is 237 g/mol. The van der Waals surface area contributed by atoms with E-state index in [-0.39, 0.29) is 11.9 Å². The van der Waals surface area contributed by atoms with Crippen molar-refractivity contribution >= 4 is 0 Å². The molecule has 17 heavy (non-hydrogen) atoms. The van der Waals surface area contributed by atoms with Gasteiger partial charge in [0, 0.05) is 6.04 Å². The van der Waals surface area contributed by atoms with Gasteiger partial charge in [0.25, 0.3) is 0 Å². The molecule has 1 saturated carbocycles. The molecule has 0 radical (unpaired) electrons. The number of halogens is 1. The molecule has 1 aromatic carbocycles. The van der Waals surface area contributed by atoms with Gasteiger partial charge in [0.2, 0.25) is 0 Å². The SMILES string of the molecule is CCNC1CCC(Oc2cccc(C)c2F)C1. The zero-order valence-corrected chi connectivity index (χ0v) is 10.5. The summed E-state index contributed by atoms with van der Waals surface area (Å²) in [6, 6.07) is 5.84. The Morgan fingerprint density at radius 1 is 1.41 bits per heavy atom. The van der Waals surface area contributed by atoms with Gasteiger partial charge in [0.1, 0.15) is 6.10 Å². The van der Waals surface area contributed by atoms with E-state index in [1.807, 2.05) is 6.07 Å². The largest absolute Gasteiger partial charge is 0.487 e. The molecule has 2 nitrogen and oxygen atoms in total. The van der Waals surface area contributed by atoms with E-state index in [1.165, 1.54) is 0 Å². The quantitative estimate of drug-likeness (QED) is 0.869. The van der Waals surface area contributed by atoms with Crippen LogP contribution in [0.25, 0.3) is 0 Å². The van der Waals surface area contributed by atoms with Crippen LogP contribution in [0.1, 0.15) is 31.7 Å². The number of ether oxygens (including phenoxy) is 1. The summed E-state index contributed by atoms with van der Waals surface area (Å²) in [7, 11) is 0. The van der Waals surface area contributed by atoms with E-state index in [0.29, 0.717) is 17.4 Å². The average molecular weight is 237 g/mol. The maximum atomic E-state index is 13.8. The Morgan fingerprint density at radius 3 is 3.00 bits per heavy atom. The average Bonchev–Trinajstić information content (AvgIpc) is 2.73. The third-order valence-electron chi connectivity index (χ3n) is 3.33. The van der Waals surface area contributed by atoms with Crippen molar-refractivity contribution in [1.82, 2.24) is 5.32 Å². The van der Waals surface area contributed by atoms with Gasteiger partial charge in [-0.05, 0) is 44.4 Å². The van der Waals surface area contributed by atoms with Crippen molar-refractivity contribution in [2.45, 2.75) is 45.3 Å². The molecule has 2 rings (SSSR count). The lowest BCUT2D eigenvalue weighted by Gasteiger charge is -2.15. The van der Waals surface area contributed by atoms with E-state index in [9.17, 15) is 4.39 Å². The van der Waals surface area contributed by atoms with E-state index in [4.69, 9.17) is 4.74 Å². The molecule has 0 saturated heterocycles. The fraction of sp³-hybridized carbons (Fsp3) is 0.571. The normalized spacial score (nSPS) is 23.9. The fourth-order valence-electron chi connectivity index (χ4n) is 2.41. The van der Waals surface area contributed by atoms with Gasteiger partial charge < -0.3 is 10.1 Å². The van der Waals surface area contributed by atoms with Crippen molar-refractivity contribution < 1.29 is 9.13 Å². The molecule has 0 amide bonds. The zero-order chi connectivity index (χ0) is 12.3. The number of rotatable bonds is 4. The van der Waals surface area contributed by atoms with Gasteiger partial charge >= 0.3 is 0 Å². The topological polar surface area (TPSA) is 21.3 Å². The molecular formula is C14H20FNO. The van der Waals surface area contributed by atoms with Gasteiger partial charge in [-0.3, -0.25) is 0 Å². The maximum absolute atomic E-state index is 13.8. The molecule has 0 spiro atoms.